The van der Waals surface area contributed by atoms with Gasteiger partial charge in [-0.2, -0.15) is 0 Å². The fourth-order valence-corrected chi connectivity index (χ4v) is 1.75. The monoisotopic (exact) mass is 314 g/mol. The molecule has 1 aromatic heterocycles. The van der Waals surface area contributed by atoms with Gasteiger partial charge in [0.05, 0.1) is 11.8 Å². The number of nitrogen functional groups attached to an aromatic ring is 1. The molecule has 1 aromatic carbocycles. The second kappa shape index (κ2) is 5.30. The molecule has 0 fully saturated rings. The van der Waals surface area contributed by atoms with Gasteiger partial charge in [-0.3, -0.25) is 4.98 Å². The standard InChI is InChI=1S/C12H9BrF2N2O/c13-7-3-9(6-17-5-7)18-11-2-1-8(16)4-10(11)12(14)15/h1-6,12H,16H2. The normalized spacial score (nSPS) is 10.7. The van der Waals surface area contributed by atoms with Crippen LogP contribution in [0.25, 0.3) is 0 Å². The van der Waals surface area contributed by atoms with Gasteiger partial charge in [0.25, 0.3) is 6.43 Å². The average Bonchev–Trinajstić information content (AvgIpc) is 2.31. The van der Waals surface area contributed by atoms with E-state index in [0.29, 0.717) is 10.2 Å². The lowest BCUT2D eigenvalue weighted by molar-refractivity contribution is 0.148. The second-order valence-electron chi connectivity index (χ2n) is 3.54. The van der Waals surface area contributed by atoms with Crippen LogP contribution in [0.3, 0.4) is 0 Å². The fraction of sp³-hybridized carbons (Fsp3) is 0.0833. The molecule has 0 saturated heterocycles. The fourth-order valence-electron chi connectivity index (χ4n) is 1.41. The molecule has 0 amide bonds. The Kier molecular flexibility index (Phi) is 3.76. The zero-order valence-electron chi connectivity index (χ0n) is 9.11. The van der Waals surface area contributed by atoms with Crippen LogP contribution in [-0.4, -0.2) is 4.98 Å². The third-order valence-corrected chi connectivity index (χ3v) is 2.61. The molecule has 0 unspecified atom stereocenters. The minimum Gasteiger partial charge on any atom is -0.455 e. The van der Waals surface area contributed by atoms with E-state index in [-0.39, 0.29) is 17.0 Å². The van der Waals surface area contributed by atoms with Crippen LogP contribution in [0.4, 0.5) is 14.5 Å². The van der Waals surface area contributed by atoms with Crippen LogP contribution in [0.1, 0.15) is 12.0 Å². The van der Waals surface area contributed by atoms with Crippen molar-refractivity contribution >= 4 is 21.6 Å². The van der Waals surface area contributed by atoms with E-state index in [1.165, 1.54) is 24.4 Å². The summed E-state index contributed by atoms with van der Waals surface area (Å²) >= 11 is 3.22. The molecular formula is C12H9BrF2N2O. The van der Waals surface area contributed by atoms with Gasteiger partial charge in [-0.25, -0.2) is 8.78 Å². The third kappa shape index (κ3) is 2.95. The van der Waals surface area contributed by atoms with Crippen LogP contribution in [0, 0.1) is 0 Å². The SMILES string of the molecule is Nc1ccc(Oc2cncc(Br)c2)c(C(F)F)c1. The molecule has 1 heterocycles. The molecular weight excluding hydrogens is 306 g/mol. The van der Waals surface area contributed by atoms with E-state index in [0.717, 1.165) is 0 Å². The van der Waals surface area contributed by atoms with Crippen molar-refractivity contribution in [1.29, 1.82) is 0 Å². The number of nitrogens with zero attached hydrogens (tertiary/aromatic N) is 1. The summed E-state index contributed by atoms with van der Waals surface area (Å²) < 4.78 is 31.7. The van der Waals surface area contributed by atoms with E-state index in [1.54, 1.807) is 12.3 Å². The van der Waals surface area contributed by atoms with Crippen molar-refractivity contribution in [3.63, 3.8) is 0 Å². The molecule has 2 N–H and O–H groups in total. The first kappa shape index (κ1) is 12.8. The molecule has 0 radical (unpaired) electrons. The van der Waals surface area contributed by atoms with Crippen molar-refractivity contribution in [3.05, 3.63) is 46.7 Å². The highest BCUT2D eigenvalue weighted by atomic mass is 79.9. The first-order chi connectivity index (χ1) is 8.56. The zero-order chi connectivity index (χ0) is 13.1. The van der Waals surface area contributed by atoms with Gasteiger partial charge in [0, 0.05) is 16.4 Å². The highest BCUT2D eigenvalue weighted by Gasteiger charge is 2.15. The lowest BCUT2D eigenvalue weighted by Gasteiger charge is -2.11. The highest BCUT2D eigenvalue weighted by molar-refractivity contribution is 9.10. The minimum atomic E-state index is -2.65. The maximum atomic E-state index is 12.8. The number of nitrogens with two attached hydrogens (primary N) is 1. The smallest absolute Gasteiger partial charge is 0.267 e. The summed E-state index contributed by atoms with van der Waals surface area (Å²) in [6, 6.07) is 5.76. The van der Waals surface area contributed by atoms with E-state index < -0.39 is 6.43 Å². The summed E-state index contributed by atoms with van der Waals surface area (Å²) in [4.78, 5) is 3.89. The van der Waals surface area contributed by atoms with Crippen LogP contribution in [0.2, 0.25) is 0 Å². The van der Waals surface area contributed by atoms with Crippen molar-refractivity contribution in [2.45, 2.75) is 6.43 Å². The second-order valence-corrected chi connectivity index (χ2v) is 4.45. The van der Waals surface area contributed by atoms with Crippen LogP contribution in [0.5, 0.6) is 11.5 Å². The number of anilines is 1. The number of hydrogen-bond donors (Lipinski definition) is 1. The molecule has 0 spiro atoms. The summed E-state index contributed by atoms with van der Waals surface area (Å²) in [5.41, 5.74) is 5.50. The van der Waals surface area contributed by atoms with Crippen LogP contribution in [-0.2, 0) is 0 Å². The molecule has 0 aliphatic carbocycles. The number of pyridine rings is 1. The number of rotatable bonds is 3. The highest BCUT2D eigenvalue weighted by Crippen LogP contribution is 2.34. The molecule has 0 aliphatic heterocycles. The van der Waals surface area contributed by atoms with Crippen LogP contribution < -0.4 is 10.5 Å². The Morgan fingerprint density at radius 2 is 2.00 bits per heavy atom. The molecule has 0 aliphatic rings. The lowest BCUT2D eigenvalue weighted by Crippen LogP contribution is -1.95. The van der Waals surface area contributed by atoms with E-state index in [2.05, 4.69) is 20.9 Å². The Morgan fingerprint density at radius 3 is 2.67 bits per heavy atom. The van der Waals surface area contributed by atoms with Gasteiger partial charge in [0.1, 0.15) is 11.5 Å². The van der Waals surface area contributed by atoms with Crippen LogP contribution in [0.15, 0.2) is 41.1 Å². The van der Waals surface area contributed by atoms with Gasteiger partial charge in [0.2, 0.25) is 0 Å². The maximum absolute atomic E-state index is 12.8. The molecule has 2 aromatic rings. The predicted octanol–water partition coefficient (Wildman–Crippen LogP) is 4.16. The Bertz CT molecular complexity index is 564. The molecule has 0 atom stereocenters. The average molecular weight is 315 g/mol. The molecule has 6 heteroatoms. The van der Waals surface area contributed by atoms with Crippen molar-refractivity contribution in [3.8, 4) is 11.5 Å². The molecule has 18 heavy (non-hydrogen) atoms. The van der Waals surface area contributed by atoms with Crippen molar-refractivity contribution in [2.75, 3.05) is 5.73 Å². The first-order valence-electron chi connectivity index (χ1n) is 5.02. The number of ether oxygens (including phenoxy) is 1. The van der Waals surface area contributed by atoms with Gasteiger partial charge < -0.3 is 10.5 Å². The number of benzene rings is 1. The quantitative estimate of drug-likeness (QED) is 0.865. The first-order valence-corrected chi connectivity index (χ1v) is 5.81. The van der Waals surface area contributed by atoms with Gasteiger partial charge >= 0.3 is 0 Å². The molecule has 0 bridgehead atoms. The van der Waals surface area contributed by atoms with Gasteiger partial charge in [-0.05, 0) is 40.2 Å². The van der Waals surface area contributed by atoms with Crippen molar-refractivity contribution in [2.24, 2.45) is 0 Å². The summed E-state index contributed by atoms with van der Waals surface area (Å²) in [7, 11) is 0. The molecule has 3 nitrogen and oxygen atoms in total. The van der Waals surface area contributed by atoms with Crippen molar-refractivity contribution < 1.29 is 13.5 Å². The lowest BCUT2D eigenvalue weighted by atomic mass is 10.2. The van der Waals surface area contributed by atoms with E-state index in [9.17, 15) is 8.78 Å². The Morgan fingerprint density at radius 1 is 1.22 bits per heavy atom. The molecule has 2 rings (SSSR count). The number of halogens is 3. The topological polar surface area (TPSA) is 48.1 Å². The summed E-state index contributed by atoms with van der Waals surface area (Å²) in [5.74, 6) is 0.440. The predicted molar refractivity (Wildman–Crippen MR) is 67.8 cm³/mol. The summed E-state index contributed by atoms with van der Waals surface area (Å²) in [5, 5.41) is 0. The van der Waals surface area contributed by atoms with Gasteiger partial charge in [-0.15, -0.1) is 0 Å². The maximum Gasteiger partial charge on any atom is 0.267 e. The van der Waals surface area contributed by atoms with Crippen molar-refractivity contribution in [1.82, 2.24) is 4.98 Å². The Hall–Kier alpha value is -1.69. The largest absolute Gasteiger partial charge is 0.455 e. The van der Waals surface area contributed by atoms with Gasteiger partial charge in [-0.1, -0.05) is 0 Å². The number of aromatic nitrogens is 1. The number of hydrogen-bond acceptors (Lipinski definition) is 3. The summed E-state index contributed by atoms with van der Waals surface area (Å²) in [6.45, 7) is 0. The third-order valence-electron chi connectivity index (χ3n) is 2.18. The molecule has 94 valence electrons. The van der Waals surface area contributed by atoms with E-state index >= 15 is 0 Å². The minimum absolute atomic E-state index is 0.0686. The summed E-state index contributed by atoms with van der Waals surface area (Å²) in [6.07, 6.45) is 0.365. The number of alkyl halides is 2. The van der Waals surface area contributed by atoms with E-state index in [1.807, 2.05) is 0 Å². The Labute approximate surface area is 111 Å². The Balaban J connectivity index is 2.34. The van der Waals surface area contributed by atoms with Crippen LogP contribution >= 0.6 is 15.9 Å². The van der Waals surface area contributed by atoms with E-state index in [4.69, 9.17) is 10.5 Å². The van der Waals surface area contributed by atoms with Gasteiger partial charge in [0.15, 0.2) is 0 Å². The zero-order valence-corrected chi connectivity index (χ0v) is 10.7. The molecule has 0 saturated carbocycles.